The number of methoxy groups -OCH3 is 1. The van der Waals surface area contributed by atoms with Crippen molar-refractivity contribution in [2.24, 2.45) is 0 Å². The molecule has 0 spiro atoms. The van der Waals surface area contributed by atoms with Gasteiger partial charge in [-0.05, 0) is 42.7 Å². The summed E-state index contributed by atoms with van der Waals surface area (Å²) >= 11 is 0. The van der Waals surface area contributed by atoms with Crippen molar-refractivity contribution in [3.05, 3.63) is 58.1 Å². The average Bonchev–Trinajstić information content (AvgIpc) is 3.24. The van der Waals surface area contributed by atoms with E-state index in [2.05, 4.69) is 4.90 Å². The van der Waals surface area contributed by atoms with Crippen molar-refractivity contribution in [2.75, 3.05) is 18.6 Å². The number of nitro benzene ring substituents is 1. The number of fused-ring (bicyclic) bond motifs is 1. The molecule has 2 aromatic carbocycles. The molecule has 1 amide bonds. The Morgan fingerprint density at radius 2 is 1.96 bits per heavy atom. The molecule has 2 aliphatic heterocycles. The molecule has 8 nitrogen and oxygen atoms in total. The molecule has 140 valence electrons. The topological polar surface area (TPSA) is 96.2 Å². The number of amides is 1. The van der Waals surface area contributed by atoms with Crippen LogP contribution in [0.2, 0.25) is 0 Å². The molecule has 8 heteroatoms. The number of rotatable bonds is 4. The first-order valence-corrected chi connectivity index (χ1v) is 8.71. The summed E-state index contributed by atoms with van der Waals surface area (Å²) in [4.78, 5) is 27.3. The van der Waals surface area contributed by atoms with E-state index in [0.717, 1.165) is 24.9 Å². The van der Waals surface area contributed by atoms with Crippen LogP contribution in [0.4, 0.5) is 11.4 Å². The first kappa shape index (κ1) is 17.3. The van der Waals surface area contributed by atoms with E-state index >= 15 is 0 Å². The summed E-state index contributed by atoms with van der Waals surface area (Å²) in [6.45, 7) is 0.775. The molecule has 1 N–H and O–H groups in total. The molecular weight excluding hydrogens is 350 g/mol. The minimum Gasteiger partial charge on any atom is -0.504 e. The Hall–Kier alpha value is -3.13. The standard InChI is InChI=1S/C19H19N3O5/c1-27-17-9-4-12(11-16(17)23)18-20-10-2-3-15(20)19(24)21(18)13-5-7-14(8-6-13)22(25)26/h4-9,11,15,18,23H,2-3,10H2,1H3/t15-,18+/m0/s1. The zero-order valence-electron chi connectivity index (χ0n) is 14.7. The molecule has 0 aliphatic carbocycles. The summed E-state index contributed by atoms with van der Waals surface area (Å²) in [6, 6.07) is 10.9. The van der Waals surface area contributed by atoms with Crippen LogP contribution < -0.4 is 9.64 Å². The van der Waals surface area contributed by atoms with Gasteiger partial charge in [0.2, 0.25) is 5.91 Å². The number of ether oxygens (including phenoxy) is 1. The third kappa shape index (κ3) is 2.78. The van der Waals surface area contributed by atoms with Crippen molar-refractivity contribution >= 4 is 17.3 Å². The van der Waals surface area contributed by atoms with Gasteiger partial charge in [0.15, 0.2) is 11.5 Å². The van der Waals surface area contributed by atoms with E-state index in [1.54, 1.807) is 29.2 Å². The van der Waals surface area contributed by atoms with Crippen LogP contribution in [0.1, 0.15) is 24.6 Å². The Balaban J connectivity index is 1.77. The summed E-state index contributed by atoms with van der Waals surface area (Å²) in [6.07, 6.45) is 1.34. The maximum Gasteiger partial charge on any atom is 0.269 e. The molecular formula is C19H19N3O5. The number of phenols is 1. The Morgan fingerprint density at radius 1 is 1.22 bits per heavy atom. The predicted octanol–water partition coefficient (Wildman–Crippen LogP) is 2.82. The molecule has 0 unspecified atom stereocenters. The SMILES string of the molecule is COc1ccc([C@H]2N(c3ccc([N+](=O)[O-])cc3)C(=O)[C@@H]3CCCN32)cc1O. The van der Waals surface area contributed by atoms with E-state index in [0.29, 0.717) is 11.4 Å². The highest BCUT2D eigenvalue weighted by Crippen LogP contribution is 2.44. The van der Waals surface area contributed by atoms with E-state index in [4.69, 9.17) is 4.74 Å². The van der Waals surface area contributed by atoms with Crippen LogP contribution in [0.5, 0.6) is 11.5 Å². The van der Waals surface area contributed by atoms with Gasteiger partial charge in [-0.2, -0.15) is 0 Å². The first-order valence-electron chi connectivity index (χ1n) is 8.71. The molecule has 0 radical (unpaired) electrons. The van der Waals surface area contributed by atoms with Gasteiger partial charge in [-0.25, -0.2) is 0 Å². The summed E-state index contributed by atoms with van der Waals surface area (Å²) in [5.41, 5.74) is 1.34. The van der Waals surface area contributed by atoms with Crippen LogP contribution in [0.25, 0.3) is 0 Å². The first-order chi connectivity index (χ1) is 13.0. The number of hydrogen-bond acceptors (Lipinski definition) is 6. The number of nitro groups is 1. The van der Waals surface area contributed by atoms with Crippen molar-refractivity contribution in [3.63, 3.8) is 0 Å². The van der Waals surface area contributed by atoms with Crippen LogP contribution in [0.15, 0.2) is 42.5 Å². The smallest absolute Gasteiger partial charge is 0.269 e. The molecule has 0 saturated carbocycles. The second kappa shape index (κ2) is 6.55. The molecule has 4 rings (SSSR count). The lowest BCUT2D eigenvalue weighted by Gasteiger charge is -2.30. The van der Waals surface area contributed by atoms with Gasteiger partial charge in [0.1, 0.15) is 6.17 Å². The van der Waals surface area contributed by atoms with E-state index in [-0.39, 0.29) is 29.6 Å². The van der Waals surface area contributed by atoms with E-state index < -0.39 is 4.92 Å². The van der Waals surface area contributed by atoms with Gasteiger partial charge in [-0.15, -0.1) is 0 Å². The van der Waals surface area contributed by atoms with Crippen LogP contribution in [-0.4, -0.2) is 40.5 Å². The zero-order valence-corrected chi connectivity index (χ0v) is 14.7. The summed E-state index contributed by atoms with van der Waals surface area (Å²) in [7, 11) is 1.48. The molecule has 2 aliphatic rings. The van der Waals surface area contributed by atoms with Gasteiger partial charge >= 0.3 is 0 Å². The highest BCUT2D eigenvalue weighted by atomic mass is 16.6. The fourth-order valence-corrected chi connectivity index (χ4v) is 3.99. The van der Waals surface area contributed by atoms with Gasteiger partial charge in [0.25, 0.3) is 5.69 Å². The van der Waals surface area contributed by atoms with Crippen molar-refractivity contribution in [3.8, 4) is 11.5 Å². The van der Waals surface area contributed by atoms with Crippen LogP contribution in [-0.2, 0) is 4.79 Å². The van der Waals surface area contributed by atoms with Crippen molar-refractivity contribution in [1.82, 2.24) is 4.90 Å². The maximum absolute atomic E-state index is 13.1. The summed E-state index contributed by atoms with van der Waals surface area (Å²) in [5, 5.41) is 21.1. The number of nitrogens with zero attached hydrogens (tertiary/aromatic N) is 3. The molecule has 27 heavy (non-hydrogen) atoms. The second-order valence-corrected chi connectivity index (χ2v) is 6.68. The number of non-ortho nitro benzene ring substituents is 1. The van der Waals surface area contributed by atoms with E-state index in [1.165, 1.54) is 19.2 Å². The quantitative estimate of drug-likeness (QED) is 0.658. The number of anilines is 1. The average molecular weight is 369 g/mol. The Labute approximate surface area is 155 Å². The van der Waals surface area contributed by atoms with Crippen molar-refractivity contribution in [1.29, 1.82) is 0 Å². The molecule has 2 aromatic rings. The maximum atomic E-state index is 13.1. The van der Waals surface area contributed by atoms with Crippen molar-refractivity contribution < 1.29 is 19.6 Å². The fraction of sp³-hybridized carbons (Fsp3) is 0.316. The zero-order chi connectivity index (χ0) is 19.1. The highest BCUT2D eigenvalue weighted by Gasteiger charge is 2.49. The van der Waals surface area contributed by atoms with Crippen LogP contribution >= 0.6 is 0 Å². The molecule has 0 aromatic heterocycles. The van der Waals surface area contributed by atoms with Crippen LogP contribution in [0, 0.1) is 10.1 Å². The lowest BCUT2D eigenvalue weighted by molar-refractivity contribution is -0.384. The minimum absolute atomic E-state index is 0.00810. The largest absolute Gasteiger partial charge is 0.504 e. The second-order valence-electron chi connectivity index (χ2n) is 6.68. The third-order valence-electron chi connectivity index (χ3n) is 5.22. The molecule has 0 bridgehead atoms. The molecule has 2 fully saturated rings. The monoisotopic (exact) mass is 369 g/mol. The lowest BCUT2D eigenvalue weighted by atomic mass is 10.1. The van der Waals surface area contributed by atoms with Gasteiger partial charge < -0.3 is 9.84 Å². The van der Waals surface area contributed by atoms with Crippen LogP contribution in [0.3, 0.4) is 0 Å². The number of phenolic OH excluding ortho intramolecular Hbond substituents is 1. The third-order valence-corrected chi connectivity index (χ3v) is 5.22. The number of aromatic hydroxyl groups is 1. The Kier molecular flexibility index (Phi) is 4.19. The predicted molar refractivity (Wildman–Crippen MR) is 97.7 cm³/mol. The molecule has 2 atom stereocenters. The van der Waals surface area contributed by atoms with E-state index in [1.807, 2.05) is 6.07 Å². The number of benzene rings is 2. The Morgan fingerprint density at radius 3 is 2.59 bits per heavy atom. The fourth-order valence-electron chi connectivity index (χ4n) is 3.99. The minimum atomic E-state index is -0.465. The van der Waals surface area contributed by atoms with Gasteiger partial charge in [0.05, 0.1) is 18.1 Å². The van der Waals surface area contributed by atoms with E-state index in [9.17, 15) is 20.0 Å². The Bertz CT molecular complexity index is 899. The summed E-state index contributed by atoms with van der Waals surface area (Å²) < 4.78 is 5.11. The molecule has 2 heterocycles. The highest BCUT2D eigenvalue weighted by molar-refractivity contribution is 6.00. The normalized spacial score (nSPS) is 22.1. The summed E-state index contributed by atoms with van der Waals surface area (Å²) in [5.74, 6) is 0.346. The number of hydrogen-bond donors (Lipinski definition) is 1. The van der Waals surface area contributed by atoms with Gasteiger partial charge in [-0.1, -0.05) is 6.07 Å². The molecule has 2 saturated heterocycles. The number of carbonyl (C=O) groups excluding carboxylic acids is 1. The van der Waals surface area contributed by atoms with Crippen molar-refractivity contribution in [2.45, 2.75) is 25.0 Å². The number of carbonyl (C=O) groups is 1. The lowest BCUT2D eigenvalue weighted by Crippen LogP contribution is -2.32. The van der Waals surface area contributed by atoms with Gasteiger partial charge in [-0.3, -0.25) is 24.7 Å². The van der Waals surface area contributed by atoms with Gasteiger partial charge in [0, 0.05) is 24.4 Å².